The third kappa shape index (κ3) is 2.04. The van der Waals surface area contributed by atoms with Crippen LogP contribution in [-0.4, -0.2) is 5.60 Å². The van der Waals surface area contributed by atoms with E-state index in [2.05, 4.69) is 5.92 Å². The minimum absolute atomic E-state index is 0.618. The van der Waals surface area contributed by atoms with Crippen molar-refractivity contribution in [2.75, 3.05) is 0 Å². The lowest BCUT2D eigenvalue weighted by atomic mass is 10.1. The SMILES string of the molecule is C#CC(C)(C)Oc1ccc2oc3ccccc3c2c1. The number of hydrogen-bond donors (Lipinski definition) is 0. The molecular weight excluding hydrogens is 236 g/mol. The van der Waals surface area contributed by atoms with Crippen molar-refractivity contribution < 1.29 is 9.15 Å². The number of ether oxygens (including phenoxy) is 1. The van der Waals surface area contributed by atoms with Crippen molar-refractivity contribution in [1.82, 2.24) is 0 Å². The summed E-state index contributed by atoms with van der Waals surface area (Å²) in [5.74, 6) is 3.38. The highest BCUT2D eigenvalue weighted by molar-refractivity contribution is 6.05. The first-order valence-corrected chi connectivity index (χ1v) is 6.17. The van der Waals surface area contributed by atoms with Crippen molar-refractivity contribution in [3.63, 3.8) is 0 Å². The maximum atomic E-state index is 5.80. The molecule has 1 heterocycles. The molecular formula is C17H14O2. The van der Waals surface area contributed by atoms with Crippen LogP contribution in [0.2, 0.25) is 0 Å². The topological polar surface area (TPSA) is 22.4 Å². The molecule has 0 N–H and O–H groups in total. The zero-order valence-corrected chi connectivity index (χ0v) is 10.9. The van der Waals surface area contributed by atoms with Gasteiger partial charge >= 0.3 is 0 Å². The lowest BCUT2D eigenvalue weighted by Gasteiger charge is -2.20. The fourth-order valence-corrected chi connectivity index (χ4v) is 2.09. The summed E-state index contributed by atoms with van der Waals surface area (Å²) in [6, 6.07) is 13.7. The lowest BCUT2D eigenvalue weighted by molar-refractivity contribution is 0.173. The van der Waals surface area contributed by atoms with E-state index in [1.165, 1.54) is 0 Å². The summed E-state index contributed by atoms with van der Waals surface area (Å²) in [6.07, 6.45) is 5.44. The number of fused-ring (bicyclic) bond motifs is 3. The Labute approximate surface area is 112 Å². The molecule has 19 heavy (non-hydrogen) atoms. The number of hydrogen-bond acceptors (Lipinski definition) is 2. The van der Waals surface area contributed by atoms with Gasteiger partial charge in [0.15, 0.2) is 5.60 Å². The van der Waals surface area contributed by atoms with Crippen molar-refractivity contribution in [2.24, 2.45) is 0 Å². The summed E-state index contributed by atoms with van der Waals surface area (Å²) in [6.45, 7) is 3.73. The quantitative estimate of drug-likeness (QED) is 0.630. The van der Waals surface area contributed by atoms with Crippen molar-refractivity contribution in [1.29, 1.82) is 0 Å². The Kier molecular flexibility index (Phi) is 2.50. The average molecular weight is 250 g/mol. The second kappa shape index (κ2) is 4.07. The van der Waals surface area contributed by atoms with Gasteiger partial charge in [0.2, 0.25) is 0 Å². The zero-order valence-electron chi connectivity index (χ0n) is 10.9. The van der Waals surface area contributed by atoms with Gasteiger partial charge in [-0.3, -0.25) is 0 Å². The molecule has 2 aromatic carbocycles. The Hall–Kier alpha value is -2.40. The second-order valence-electron chi connectivity index (χ2n) is 5.01. The molecule has 0 aliphatic heterocycles. The van der Waals surface area contributed by atoms with Gasteiger partial charge in [0.05, 0.1) is 0 Å². The van der Waals surface area contributed by atoms with Crippen LogP contribution in [0.4, 0.5) is 0 Å². The van der Waals surface area contributed by atoms with E-state index in [1.54, 1.807) is 0 Å². The molecule has 0 fully saturated rings. The predicted molar refractivity (Wildman–Crippen MR) is 77.3 cm³/mol. The van der Waals surface area contributed by atoms with Gasteiger partial charge in [-0.1, -0.05) is 24.1 Å². The van der Waals surface area contributed by atoms with Gasteiger partial charge in [-0.15, -0.1) is 6.42 Å². The Morgan fingerprint density at radius 3 is 2.58 bits per heavy atom. The van der Waals surface area contributed by atoms with Gasteiger partial charge in [-0.2, -0.15) is 0 Å². The molecule has 0 bridgehead atoms. The summed E-state index contributed by atoms with van der Waals surface area (Å²) in [5.41, 5.74) is 1.12. The van der Waals surface area contributed by atoms with Crippen LogP contribution in [0.25, 0.3) is 21.9 Å². The smallest absolute Gasteiger partial charge is 0.163 e. The van der Waals surface area contributed by atoms with Crippen LogP contribution < -0.4 is 4.74 Å². The highest BCUT2D eigenvalue weighted by atomic mass is 16.5. The summed E-state index contributed by atoms with van der Waals surface area (Å²) < 4.78 is 11.6. The fourth-order valence-electron chi connectivity index (χ4n) is 2.09. The molecule has 2 nitrogen and oxygen atoms in total. The average Bonchev–Trinajstić information content (AvgIpc) is 2.76. The molecule has 0 saturated heterocycles. The monoisotopic (exact) mass is 250 g/mol. The molecule has 0 atom stereocenters. The maximum Gasteiger partial charge on any atom is 0.163 e. The Bertz CT molecular complexity index is 788. The van der Waals surface area contributed by atoms with Crippen LogP contribution in [0, 0.1) is 12.3 Å². The number of rotatable bonds is 2. The van der Waals surface area contributed by atoms with Gasteiger partial charge in [0, 0.05) is 10.8 Å². The maximum absolute atomic E-state index is 5.80. The van der Waals surface area contributed by atoms with Gasteiger partial charge in [-0.25, -0.2) is 0 Å². The van der Waals surface area contributed by atoms with Crippen LogP contribution in [0.5, 0.6) is 5.75 Å². The number of terminal acetylenes is 1. The molecule has 0 spiro atoms. The second-order valence-corrected chi connectivity index (χ2v) is 5.01. The van der Waals surface area contributed by atoms with E-state index in [4.69, 9.17) is 15.6 Å². The highest BCUT2D eigenvalue weighted by Gasteiger charge is 2.16. The van der Waals surface area contributed by atoms with Crippen LogP contribution in [0.3, 0.4) is 0 Å². The molecule has 2 heteroatoms. The molecule has 0 saturated carbocycles. The zero-order chi connectivity index (χ0) is 13.5. The first-order valence-electron chi connectivity index (χ1n) is 6.17. The van der Waals surface area contributed by atoms with E-state index in [1.807, 2.05) is 56.3 Å². The van der Waals surface area contributed by atoms with Gasteiger partial charge < -0.3 is 9.15 Å². The number of benzene rings is 2. The minimum atomic E-state index is -0.618. The summed E-state index contributed by atoms with van der Waals surface area (Å²) in [4.78, 5) is 0. The van der Waals surface area contributed by atoms with Crippen LogP contribution in [-0.2, 0) is 0 Å². The van der Waals surface area contributed by atoms with E-state index in [9.17, 15) is 0 Å². The Morgan fingerprint density at radius 1 is 1.05 bits per heavy atom. The molecule has 3 rings (SSSR count). The minimum Gasteiger partial charge on any atom is -0.475 e. The Balaban J connectivity index is 2.15. The molecule has 94 valence electrons. The van der Waals surface area contributed by atoms with E-state index in [0.29, 0.717) is 0 Å². The fraction of sp³-hybridized carbons (Fsp3) is 0.176. The van der Waals surface area contributed by atoms with Gasteiger partial charge in [-0.05, 0) is 38.1 Å². The van der Waals surface area contributed by atoms with E-state index in [-0.39, 0.29) is 0 Å². The summed E-state index contributed by atoms with van der Waals surface area (Å²) >= 11 is 0. The Morgan fingerprint density at radius 2 is 1.79 bits per heavy atom. The van der Waals surface area contributed by atoms with Crippen LogP contribution >= 0.6 is 0 Å². The normalized spacial score (nSPS) is 11.6. The largest absolute Gasteiger partial charge is 0.475 e. The van der Waals surface area contributed by atoms with E-state index < -0.39 is 5.60 Å². The first-order chi connectivity index (χ1) is 9.09. The summed E-state index contributed by atoms with van der Waals surface area (Å²) in [5, 5.41) is 2.13. The van der Waals surface area contributed by atoms with Crippen molar-refractivity contribution in [2.45, 2.75) is 19.4 Å². The first kappa shape index (κ1) is 11.7. The van der Waals surface area contributed by atoms with E-state index >= 15 is 0 Å². The van der Waals surface area contributed by atoms with Crippen LogP contribution in [0.15, 0.2) is 46.9 Å². The third-order valence-corrected chi connectivity index (χ3v) is 3.07. The van der Waals surface area contributed by atoms with Gasteiger partial charge in [0.25, 0.3) is 0 Å². The molecule has 0 aliphatic rings. The van der Waals surface area contributed by atoms with Crippen molar-refractivity contribution in [3.05, 3.63) is 42.5 Å². The molecule has 0 aliphatic carbocycles. The number of furan rings is 1. The molecule has 0 amide bonds. The van der Waals surface area contributed by atoms with Gasteiger partial charge in [0.1, 0.15) is 16.9 Å². The highest BCUT2D eigenvalue weighted by Crippen LogP contribution is 2.32. The predicted octanol–water partition coefficient (Wildman–Crippen LogP) is 4.38. The van der Waals surface area contributed by atoms with Crippen molar-refractivity contribution >= 4 is 21.9 Å². The molecule has 3 aromatic rings. The third-order valence-electron chi connectivity index (χ3n) is 3.07. The molecule has 1 aromatic heterocycles. The molecule has 0 radical (unpaired) electrons. The number of para-hydroxylation sites is 1. The summed E-state index contributed by atoms with van der Waals surface area (Å²) in [7, 11) is 0. The van der Waals surface area contributed by atoms with Crippen LogP contribution in [0.1, 0.15) is 13.8 Å². The van der Waals surface area contributed by atoms with E-state index in [0.717, 1.165) is 27.7 Å². The standard InChI is InChI=1S/C17H14O2/c1-4-17(2,3)19-12-9-10-16-14(11-12)13-7-5-6-8-15(13)18-16/h1,5-11H,2-3H3. The lowest BCUT2D eigenvalue weighted by Crippen LogP contribution is -2.25. The van der Waals surface area contributed by atoms with Crippen molar-refractivity contribution in [3.8, 4) is 18.1 Å². The molecule has 0 unspecified atom stereocenters.